The molecule has 1 unspecified atom stereocenters. The summed E-state index contributed by atoms with van der Waals surface area (Å²) in [6, 6.07) is 21.3. The highest BCUT2D eigenvalue weighted by Crippen LogP contribution is 2.32. The molecule has 0 radical (unpaired) electrons. The van der Waals surface area contributed by atoms with Crippen molar-refractivity contribution in [3.63, 3.8) is 0 Å². The molecule has 0 spiro atoms. The summed E-state index contributed by atoms with van der Waals surface area (Å²) < 4.78 is 4.48. The summed E-state index contributed by atoms with van der Waals surface area (Å²) >= 11 is 0. The van der Waals surface area contributed by atoms with Gasteiger partial charge in [0.25, 0.3) is 0 Å². The van der Waals surface area contributed by atoms with Crippen LogP contribution in [0.4, 0.5) is 0 Å². The normalized spacial score (nSPS) is 16.3. The number of rotatable bonds is 5. The van der Waals surface area contributed by atoms with E-state index in [1.54, 1.807) is 0 Å². The molecule has 1 aliphatic heterocycles. The lowest BCUT2D eigenvalue weighted by Gasteiger charge is -2.34. The summed E-state index contributed by atoms with van der Waals surface area (Å²) in [4.78, 5) is 12.0. The Morgan fingerprint density at radius 2 is 1.97 bits per heavy atom. The van der Waals surface area contributed by atoms with Crippen LogP contribution in [-0.2, 0) is 6.54 Å². The highest BCUT2D eigenvalue weighted by molar-refractivity contribution is 5.87. The predicted molar refractivity (Wildman–Crippen MR) is 142 cm³/mol. The third-order valence-electron chi connectivity index (χ3n) is 7.14. The second-order valence-electron chi connectivity index (χ2n) is 9.48. The number of fused-ring (bicyclic) bond motifs is 2. The molecule has 1 fully saturated rings. The standard InChI is InChI=1S/C29H30N6/c1-20(33-14-7-9-24(30)18-33)22-12-15-34-21(2)29(32-28(34)17-22)27-16-23-8-3-4-11-26(23)35(27)19-25-10-5-6-13-31-25/h3-6,8,10-13,15-17,24H,1,7,9,14,18-19,30H2,2H3. The molecule has 0 bridgehead atoms. The van der Waals surface area contributed by atoms with E-state index >= 15 is 0 Å². The summed E-state index contributed by atoms with van der Waals surface area (Å²) in [5.41, 5.74) is 14.7. The predicted octanol–water partition coefficient (Wildman–Crippen LogP) is 5.10. The van der Waals surface area contributed by atoms with Crippen LogP contribution >= 0.6 is 0 Å². The smallest absolute Gasteiger partial charge is 0.138 e. The Kier molecular flexibility index (Phi) is 5.38. The highest BCUT2D eigenvalue weighted by Gasteiger charge is 2.21. The number of aromatic nitrogens is 4. The topological polar surface area (TPSA) is 64.4 Å². The molecule has 5 heterocycles. The van der Waals surface area contributed by atoms with Gasteiger partial charge in [0.15, 0.2) is 0 Å². The summed E-state index contributed by atoms with van der Waals surface area (Å²) in [6.07, 6.45) is 6.14. The second kappa shape index (κ2) is 8.71. The Balaban J connectivity index is 1.43. The fourth-order valence-corrected chi connectivity index (χ4v) is 5.26. The molecule has 0 aliphatic carbocycles. The van der Waals surface area contributed by atoms with Crippen molar-refractivity contribution in [2.75, 3.05) is 13.1 Å². The van der Waals surface area contributed by atoms with Gasteiger partial charge in [0, 0.05) is 59.4 Å². The lowest BCUT2D eigenvalue weighted by molar-refractivity contribution is 0.296. The van der Waals surface area contributed by atoms with E-state index in [0.29, 0.717) is 6.54 Å². The van der Waals surface area contributed by atoms with Crippen LogP contribution in [0.25, 0.3) is 33.6 Å². The van der Waals surface area contributed by atoms with E-state index in [9.17, 15) is 0 Å². The molecule has 1 aliphatic rings. The Bertz CT molecular complexity index is 1530. The summed E-state index contributed by atoms with van der Waals surface area (Å²) in [7, 11) is 0. The molecular formula is C29H30N6. The average Bonchev–Trinajstić information content (AvgIpc) is 3.41. The van der Waals surface area contributed by atoms with Crippen LogP contribution in [0.1, 0.15) is 29.8 Å². The molecule has 6 heteroatoms. The number of hydrogen-bond acceptors (Lipinski definition) is 4. The quantitative estimate of drug-likeness (QED) is 0.395. The molecule has 1 saturated heterocycles. The molecule has 1 aromatic carbocycles. The van der Waals surface area contributed by atoms with Crippen molar-refractivity contribution in [1.29, 1.82) is 0 Å². The zero-order valence-corrected chi connectivity index (χ0v) is 20.1. The Morgan fingerprint density at radius 3 is 2.80 bits per heavy atom. The first kappa shape index (κ1) is 21.6. The van der Waals surface area contributed by atoms with Gasteiger partial charge in [-0.3, -0.25) is 4.98 Å². The van der Waals surface area contributed by atoms with Crippen molar-refractivity contribution < 1.29 is 0 Å². The van der Waals surface area contributed by atoms with Crippen LogP contribution in [0, 0.1) is 6.92 Å². The van der Waals surface area contributed by atoms with Gasteiger partial charge in [-0.05, 0) is 56.2 Å². The number of piperidine rings is 1. The maximum Gasteiger partial charge on any atom is 0.138 e. The first-order valence-corrected chi connectivity index (χ1v) is 12.3. The maximum absolute atomic E-state index is 6.21. The van der Waals surface area contributed by atoms with Gasteiger partial charge in [-0.25, -0.2) is 4.98 Å². The summed E-state index contributed by atoms with van der Waals surface area (Å²) in [5, 5.41) is 1.20. The van der Waals surface area contributed by atoms with Gasteiger partial charge in [-0.2, -0.15) is 0 Å². The Labute approximate surface area is 205 Å². The number of para-hydroxylation sites is 1. The average molecular weight is 463 g/mol. The number of nitrogens with zero attached hydrogens (tertiary/aromatic N) is 5. The van der Waals surface area contributed by atoms with Crippen molar-refractivity contribution in [3.8, 4) is 11.4 Å². The van der Waals surface area contributed by atoms with Crippen LogP contribution in [0.2, 0.25) is 0 Å². The number of nitrogens with two attached hydrogens (primary N) is 1. The highest BCUT2D eigenvalue weighted by atomic mass is 15.2. The molecule has 2 N–H and O–H groups in total. The third-order valence-corrected chi connectivity index (χ3v) is 7.14. The van der Waals surface area contributed by atoms with Crippen molar-refractivity contribution in [3.05, 3.63) is 96.6 Å². The van der Waals surface area contributed by atoms with Gasteiger partial charge in [0.1, 0.15) is 11.3 Å². The van der Waals surface area contributed by atoms with E-state index < -0.39 is 0 Å². The van der Waals surface area contributed by atoms with Crippen LogP contribution in [0.3, 0.4) is 0 Å². The zero-order chi connectivity index (χ0) is 23.9. The lowest BCUT2D eigenvalue weighted by atomic mass is 10.0. The zero-order valence-electron chi connectivity index (χ0n) is 20.1. The molecule has 6 nitrogen and oxygen atoms in total. The fourth-order valence-electron chi connectivity index (χ4n) is 5.26. The molecule has 0 saturated carbocycles. The van der Waals surface area contributed by atoms with Gasteiger partial charge >= 0.3 is 0 Å². The lowest BCUT2D eigenvalue weighted by Crippen LogP contribution is -2.41. The molecular weight excluding hydrogens is 432 g/mol. The van der Waals surface area contributed by atoms with E-state index in [1.807, 2.05) is 18.3 Å². The molecule has 5 aromatic rings. The molecule has 0 amide bonds. The SMILES string of the molecule is C=C(c1ccn2c(C)c(-c3cc4ccccc4n3Cc3ccccn3)nc2c1)N1CCCC(N)C1. The van der Waals surface area contributed by atoms with Crippen molar-refractivity contribution in [1.82, 2.24) is 23.8 Å². The van der Waals surface area contributed by atoms with E-state index in [2.05, 4.69) is 87.1 Å². The van der Waals surface area contributed by atoms with Crippen molar-refractivity contribution in [2.24, 2.45) is 5.73 Å². The van der Waals surface area contributed by atoms with Crippen LogP contribution in [0.15, 0.2) is 79.6 Å². The second-order valence-corrected chi connectivity index (χ2v) is 9.48. The summed E-state index contributed by atoms with van der Waals surface area (Å²) in [5.74, 6) is 0. The number of aryl methyl sites for hydroxylation is 1. The fraction of sp³-hybridized carbons (Fsp3) is 0.241. The molecule has 176 valence electrons. The number of benzene rings is 1. The first-order chi connectivity index (χ1) is 17.1. The minimum absolute atomic E-state index is 0.213. The minimum atomic E-state index is 0.213. The van der Waals surface area contributed by atoms with Crippen LogP contribution in [-0.4, -0.2) is 43.0 Å². The van der Waals surface area contributed by atoms with Gasteiger partial charge < -0.3 is 19.6 Å². The third kappa shape index (κ3) is 3.90. The van der Waals surface area contributed by atoms with Crippen LogP contribution < -0.4 is 5.73 Å². The van der Waals surface area contributed by atoms with Crippen molar-refractivity contribution >= 4 is 22.2 Å². The van der Waals surface area contributed by atoms with Gasteiger partial charge in [0.2, 0.25) is 0 Å². The van der Waals surface area contributed by atoms with E-state index in [1.165, 1.54) is 10.9 Å². The largest absolute Gasteiger partial charge is 0.370 e. The molecule has 4 aromatic heterocycles. The monoisotopic (exact) mass is 462 g/mol. The molecule has 35 heavy (non-hydrogen) atoms. The summed E-state index contributed by atoms with van der Waals surface area (Å²) in [6.45, 7) is 9.07. The van der Waals surface area contributed by atoms with Gasteiger partial charge in [-0.15, -0.1) is 0 Å². The van der Waals surface area contributed by atoms with Crippen LogP contribution in [0.5, 0.6) is 0 Å². The first-order valence-electron chi connectivity index (χ1n) is 12.3. The number of hydrogen-bond donors (Lipinski definition) is 1. The van der Waals surface area contributed by atoms with Gasteiger partial charge in [-0.1, -0.05) is 30.8 Å². The minimum Gasteiger partial charge on any atom is -0.370 e. The van der Waals surface area contributed by atoms with E-state index in [0.717, 1.165) is 65.6 Å². The molecule has 6 rings (SSSR count). The molecule has 1 atom stereocenters. The van der Waals surface area contributed by atoms with Crippen molar-refractivity contribution in [2.45, 2.75) is 32.4 Å². The van der Waals surface area contributed by atoms with E-state index in [-0.39, 0.29) is 6.04 Å². The van der Waals surface area contributed by atoms with Gasteiger partial charge in [0.05, 0.1) is 17.9 Å². The number of imidazole rings is 1. The Hall–Kier alpha value is -3.90. The Morgan fingerprint density at radius 1 is 1.11 bits per heavy atom. The van der Waals surface area contributed by atoms with E-state index in [4.69, 9.17) is 10.7 Å². The number of likely N-dealkylation sites (tertiary alicyclic amines) is 1. The maximum atomic E-state index is 6.21. The number of pyridine rings is 2.